The molecule has 2 heterocycles. The number of carbonyl (C=O) groups excluding carboxylic acids is 1. The smallest absolute Gasteiger partial charge is 0.264 e. The van der Waals surface area contributed by atoms with Crippen LogP contribution in [0.15, 0.2) is 72.0 Å². The molecule has 168 valence electrons. The van der Waals surface area contributed by atoms with E-state index in [4.69, 9.17) is 4.74 Å². The molecule has 9 heteroatoms. The van der Waals surface area contributed by atoms with E-state index in [9.17, 15) is 13.2 Å². The van der Waals surface area contributed by atoms with E-state index in [0.29, 0.717) is 29.2 Å². The van der Waals surface area contributed by atoms with Crippen LogP contribution in [0, 0.1) is 6.92 Å². The van der Waals surface area contributed by atoms with Crippen LogP contribution in [0.3, 0.4) is 0 Å². The van der Waals surface area contributed by atoms with Crippen molar-refractivity contribution in [2.45, 2.75) is 18.7 Å². The number of likely N-dealkylation sites (N-methyl/N-ethyl adjacent to an activating group) is 1. The molecule has 8 nitrogen and oxygen atoms in total. The van der Waals surface area contributed by atoms with Crippen molar-refractivity contribution in [2.24, 2.45) is 0 Å². The summed E-state index contributed by atoms with van der Waals surface area (Å²) in [6, 6.07) is 13.4. The summed E-state index contributed by atoms with van der Waals surface area (Å²) in [5.41, 5.74) is 1.48. The Balaban J connectivity index is 1.93. The van der Waals surface area contributed by atoms with Gasteiger partial charge < -0.3 is 9.64 Å². The lowest BCUT2D eigenvalue weighted by atomic mass is 10.2. The molecular weight excluding hydrogens is 428 g/mol. The first-order valence-electron chi connectivity index (χ1n) is 10.2. The van der Waals surface area contributed by atoms with Gasteiger partial charge in [-0.25, -0.2) is 13.4 Å². The van der Waals surface area contributed by atoms with Crippen molar-refractivity contribution in [1.29, 1.82) is 0 Å². The fourth-order valence-electron chi connectivity index (χ4n) is 3.28. The number of hydrogen-bond acceptors (Lipinski definition) is 6. The molecule has 1 amide bonds. The number of carbonyl (C=O) groups is 1. The minimum Gasteiger partial charge on any atom is -0.481 e. The molecule has 0 aliphatic heterocycles. The predicted octanol–water partition coefficient (Wildman–Crippen LogP) is 3.15. The summed E-state index contributed by atoms with van der Waals surface area (Å²) in [7, 11) is -2.40. The topological polar surface area (TPSA) is 92.7 Å². The van der Waals surface area contributed by atoms with E-state index in [0.717, 1.165) is 0 Å². The maximum absolute atomic E-state index is 13.6. The molecule has 3 aromatic rings. The Morgan fingerprint density at radius 2 is 1.81 bits per heavy atom. The van der Waals surface area contributed by atoms with Crippen molar-refractivity contribution in [1.82, 2.24) is 14.9 Å². The summed E-state index contributed by atoms with van der Waals surface area (Å²) in [5, 5.41) is 0. The molecule has 0 spiro atoms. The minimum absolute atomic E-state index is 0.0600. The lowest BCUT2D eigenvalue weighted by molar-refractivity contribution is 0.0769. The number of anilines is 1. The number of sulfonamides is 1. The summed E-state index contributed by atoms with van der Waals surface area (Å²) >= 11 is 0. The Morgan fingerprint density at radius 1 is 1.03 bits per heavy atom. The van der Waals surface area contributed by atoms with Gasteiger partial charge in [0.15, 0.2) is 0 Å². The molecule has 0 aliphatic carbocycles. The normalized spacial score (nSPS) is 11.1. The van der Waals surface area contributed by atoms with Gasteiger partial charge in [-0.3, -0.25) is 14.1 Å². The third kappa shape index (κ3) is 5.05. The maximum Gasteiger partial charge on any atom is 0.264 e. The zero-order valence-corrected chi connectivity index (χ0v) is 19.1. The molecule has 0 atom stereocenters. The van der Waals surface area contributed by atoms with Gasteiger partial charge in [0.1, 0.15) is 0 Å². The van der Waals surface area contributed by atoms with Crippen molar-refractivity contribution in [3.05, 3.63) is 78.2 Å². The lowest BCUT2D eigenvalue weighted by Crippen LogP contribution is -2.41. The van der Waals surface area contributed by atoms with Gasteiger partial charge in [-0.05, 0) is 43.7 Å². The maximum atomic E-state index is 13.6. The number of aryl methyl sites for hydroxylation is 1. The second-order valence-electron chi connectivity index (χ2n) is 7.03. The zero-order chi connectivity index (χ0) is 23.1. The number of rotatable bonds is 9. The molecule has 0 radical (unpaired) electrons. The molecule has 0 saturated heterocycles. The van der Waals surface area contributed by atoms with E-state index in [-0.39, 0.29) is 23.9 Å². The average molecular weight is 455 g/mol. The number of amides is 1. The molecule has 3 rings (SSSR count). The van der Waals surface area contributed by atoms with E-state index in [1.54, 1.807) is 66.6 Å². The van der Waals surface area contributed by atoms with Crippen molar-refractivity contribution < 1.29 is 17.9 Å². The lowest BCUT2D eigenvalue weighted by Gasteiger charge is -2.28. The molecule has 2 aromatic heterocycles. The van der Waals surface area contributed by atoms with Crippen LogP contribution in [0.5, 0.6) is 5.88 Å². The minimum atomic E-state index is -3.90. The van der Waals surface area contributed by atoms with Gasteiger partial charge in [0.2, 0.25) is 5.88 Å². The van der Waals surface area contributed by atoms with Gasteiger partial charge in [-0.2, -0.15) is 0 Å². The first-order valence-corrected chi connectivity index (χ1v) is 11.6. The number of methoxy groups -OCH3 is 1. The highest BCUT2D eigenvalue weighted by Crippen LogP contribution is 2.26. The van der Waals surface area contributed by atoms with Crippen LogP contribution in [0.2, 0.25) is 0 Å². The van der Waals surface area contributed by atoms with Crippen LogP contribution in [0.25, 0.3) is 0 Å². The van der Waals surface area contributed by atoms with Crippen LogP contribution in [0.1, 0.15) is 22.8 Å². The summed E-state index contributed by atoms with van der Waals surface area (Å²) in [4.78, 5) is 22.8. The summed E-state index contributed by atoms with van der Waals surface area (Å²) in [5.74, 6) is 0.172. The number of hydrogen-bond donors (Lipinski definition) is 0. The van der Waals surface area contributed by atoms with Crippen LogP contribution < -0.4 is 9.04 Å². The highest BCUT2D eigenvalue weighted by Gasteiger charge is 2.28. The Hall–Kier alpha value is -3.46. The monoisotopic (exact) mass is 454 g/mol. The van der Waals surface area contributed by atoms with Gasteiger partial charge in [0.25, 0.3) is 15.9 Å². The standard InChI is InChI=1S/C23H26N4O4S/c1-4-26(23(28)19-9-7-13-24-16-19)14-15-27(20-11-12-22(31-3)25-17-20)32(29,30)21-10-6-5-8-18(21)2/h5-13,16-17H,4,14-15H2,1-3H3. The van der Waals surface area contributed by atoms with Gasteiger partial charge in [0.05, 0.1) is 36.0 Å². The van der Waals surface area contributed by atoms with Crippen molar-refractivity contribution in [2.75, 3.05) is 31.0 Å². The molecule has 0 saturated carbocycles. The van der Waals surface area contributed by atoms with Crippen molar-refractivity contribution in [3.63, 3.8) is 0 Å². The molecule has 0 bridgehead atoms. The van der Waals surface area contributed by atoms with E-state index in [1.807, 2.05) is 6.92 Å². The number of nitrogens with zero attached hydrogens (tertiary/aromatic N) is 4. The van der Waals surface area contributed by atoms with E-state index in [2.05, 4.69) is 9.97 Å². The van der Waals surface area contributed by atoms with Crippen LogP contribution in [-0.4, -0.2) is 55.9 Å². The SMILES string of the molecule is CCN(CCN(c1ccc(OC)nc1)S(=O)(=O)c1ccccc1C)C(=O)c1cccnc1. The third-order valence-electron chi connectivity index (χ3n) is 5.03. The Labute approximate surface area is 188 Å². The number of pyridine rings is 2. The highest BCUT2D eigenvalue weighted by molar-refractivity contribution is 7.92. The van der Waals surface area contributed by atoms with E-state index >= 15 is 0 Å². The van der Waals surface area contributed by atoms with Gasteiger partial charge >= 0.3 is 0 Å². The van der Waals surface area contributed by atoms with E-state index < -0.39 is 10.0 Å². The van der Waals surface area contributed by atoms with Crippen LogP contribution in [0.4, 0.5) is 5.69 Å². The van der Waals surface area contributed by atoms with E-state index in [1.165, 1.54) is 23.8 Å². The summed E-state index contributed by atoms with van der Waals surface area (Å²) < 4.78 is 33.6. The zero-order valence-electron chi connectivity index (χ0n) is 18.3. The third-order valence-corrected chi connectivity index (χ3v) is 7.02. The first-order chi connectivity index (χ1) is 15.4. The average Bonchev–Trinajstić information content (AvgIpc) is 2.82. The Bertz CT molecular complexity index is 1150. The van der Waals surface area contributed by atoms with Gasteiger partial charge in [-0.15, -0.1) is 0 Å². The molecule has 0 N–H and O–H groups in total. The molecule has 0 fully saturated rings. The predicted molar refractivity (Wildman–Crippen MR) is 122 cm³/mol. The largest absolute Gasteiger partial charge is 0.481 e. The first kappa shape index (κ1) is 23.2. The Morgan fingerprint density at radius 3 is 2.41 bits per heavy atom. The van der Waals surface area contributed by atoms with Crippen molar-refractivity contribution >= 4 is 21.6 Å². The highest BCUT2D eigenvalue weighted by atomic mass is 32.2. The number of benzene rings is 1. The van der Waals surface area contributed by atoms with Gasteiger partial charge in [-0.1, -0.05) is 18.2 Å². The second kappa shape index (κ2) is 10.2. The van der Waals surface area contributed by atoms with Gasteiger partial charge in [0, 0.05) is 31.5 Å². The Kier molecular flexibility index (Phi) is 7.42. The molecular formula is C23H26N4O4S. The molecule has 32 heavy (non-hydrogen) atoms. The summed E-state index contributed by atoms with van der Waals surface area (Å²) in [6.45, 7) is 4.28. The molecule has 0 unspecified atom stereocenters. The second-order valence-corrected chi connectivity index (χ2v) is 8.86. The number of ether oxygens (including phenoxy) is 1. The fourth-order valence-corrected chi connectivity index (χ4v) is 4.95. The fraction of sp³-hybridized carbons (Fsp3) is 0.261. The molecule has 1 aromatic carbocycles. The van der Waals surface area contributed by atoms with Crippen LogP contribution >= 0.6 is 0 Å². The van der Waals surface area contributed by atoms with Crippen LogP contribution in [-0.2, 0) is 10.0 Å². The summed E-state index contributed by atoms with van der Waals surface area (Å²) in [6.07, 6.45) is 4.55. The quantitative estimate of drug-likeness (QED) is 0.493. The van der Waals surface area contributed by atoms with Crippen molar-refractivity contribution in [3.8, 4) is 5.88 Å². The number of aromatic nitrogens is 2. The molecule has 0 aliphatic rings.